The highest BCUT2D eigenvalue weighted by atomic mass is 16.5. The van der Waals surface area contributed by atoms with Crippen LogP contribution in [-0.4, -0.2) is 37.7 Å². The molecule has 0 aliphatic carbocycles. The Morgan fingerprint density at radius 1 is 0.967 bits per heavy atom. The summed E-state index contributed by atoms with van der Waals surface area (Å²) in [6.45, 7) is 3.60. The summed E-state index contributed by atoms with van der Waals surface area (Å²) in [5.41, 5.74) is 2.33. The number of ether oxygens (including phenoxy) is 4. The molecule has 0 saturated carbocycles. The molecule has 1 heterocycles. The van der Waals surface area contributed by atoms with Crippen molar-refractivity contribution in [2.45, 2.75) is 20.5 Å². The highest BCUT2D eigenvalue weighted by molar-refractivity contribution is 5.98. The maximum Gasteiger partial charge on any atom is 0.342 e. The Morgan fingerprint density at radius 3 is 2.43 bits per heavy atom. The molecule has 2 aromatic carbocycles. The molecule has 156 valence electrons. The van der Waals surface area contributed by atoms with E-state index in [0.717, 1.165) is 10.9 Å². The molecule has 3 rings (SSSR count). The van der Waals surface area contributed by atoms with E-state index in [1.807, 2.05) is 31.2 Å². The molecule has 0 N–H and O–H groups in total. The minimum Gasteiger partial charge on any atom is -0.497 e. The number of benzene rings is 2. The highest BCUT2D eigenvalue weighted by Crippen LogP contribution is 2.27. The number of para-hydroxylation sites is 1. The lowest BCUT2D eigenvalue weighted by Crippen LogP contribution is -2.15. The van der Waals surface area contributed by atoms with Crippen LogP contribution in [0.5, 0.6) is 11.5 Å². The zero-order valence-electron chi connectivity index (χ0n) is 17.4. The molecule has 0 spiro atoms. The molecule has 7 nitrogen and oxygen atoms in total. The third kappa shape index (κ3) is 4.20. The van der Waals surface area contributed by atoms with Gasteiger partial charge in [0.25, 0.3) is 0 Å². The second-order valence-electron chi connectivity index (χ2n) is 6.44. The van der Waals surface area contributed by atoms with Crippen LogP contribution in [0.25, 0.3) is 10.9 Å². The Labute approximate surface area is 174 Å². The van der Waals surface area contributed by atoms with E-state index in [0.29, 0.717) is 28.3 Å². The number of aryl methyl sites for hydroxylation is 1. The maximum absolute atomic E-state index is 12.7. The monoisotopic (exact) mass is 409 g/mol. The number of esters is 2. The summed E-state index contributed by atoms with van der Waals surface area (Å²) < 4.78 is 21.1. The van der Waals surface area contributed by atoms with Gasteiger partial charge in [-0.1, -0.05) is 18.2 Å². The van der Waals surface area contributed by atoms with Gasteiger partial charge in [-0.25, -0.2) is 14.6 Å². The van der Waals surface area contributed by atoms with Gasteiger partial charge < -0.3 is 18.9 Å². The zero-order chi connectivity index (χ0) is 21.7. The molecule has 0 fully saturated rings. The Kier molecular flexibility index (Phi) is 6.51. The minimum absolute atomic E-state index is 0.187. The summed E-state index contributed by atoms with van der Waals surface area (Å²) in [6.07, 6.45) is 0. The molecular weight excluding hydrogens is 386 g/mol. The summed E-state index contributed by atoms with van der Waals surface area (Å²) in [6, 6.07) is 12.3. The normalized spacial score (nSPS) is 10.5. The number of rotatable bonds is 7. The molecule has 0 amide bonds. The molecule has 0 aliphatic heterocycles. The van der Waals surface area contributed by atoms with E-state index >= 15 is 0 Å². The van der Waals surface area contributed by atoms with Crippen molar-refractivity contribution in [3.05, 3.63) is 64.8 Å². The third-order valence-corrected chi connectivity index (χ3v) is 4.68. The number of pyridine rings is 1. The summed E-state index contributed by atoms with van der Waals surface area (Å²) in [5, 5.41) is 0.840. The third-order valence-electron chi connectivity index (χ3n) is 4.68. The quantitative estimate of drug-likeness (QED) is 0.543. The summed E-state index contributed by atoms with van der Waals surface area (Å²) in [4.78, 5) is 29.8. The van der Waals surface area contributed by atoms with Crippen molar-refractivity contribution in [2.24, 2.45) is 0 Å². The fraction of sp³-hybridized carbons (Fsp3) is 0.261. The van der Waals surface area contributed by atoms with Crippen LogP contribution in [0.4, 0.5) is 0 Å². The highest BCUT2D eigenvalue weighted by Gasteiger charge is 2.22. The summed E-state index contributed by atoms with van der Waals surface area (Å²) in [5.74, 6) is -0.217. The van der Waals surface area contributed by atoms with Crippen LogP contribution in [0.1, 0.15) is 38.9 Å². The lowest BCUT2D eigenvalue weighted by atomic mass is 10.0. The van der Waals surface area contributed by atoms with Gasteiger partial charge in [0, 0.05) is 11.5 Å². The zero-order valence-corrected chi connectivity index (χ0v) is 17.4. The number of carbonyl (C=O) groups excluding carboxylic acids is 2. The van der Waals surface area contributed by atoms with Crippen LogP contribution < -0.4 is 9.47 Å². The standard InChI is InChI=1S/C23H23NO6/c1-5-29-23(26)21-14(2)16-8-6-7-9-18(16)24-19(21)13-30-22(25)17-11-10-15(27-3)12-20(17)28-4/h6-12H,5,13H2,1-4H3. The van der Waals surface area contributed by atoms with Crippen molar-refractivity contribution in [3.8, 4) is 11.5 Å². The van der Waals surface area contributed by atoms with Crippen LogP contribution >= 0.6 is 0 Å². The molecular formula is C23H23NO6. The van der Waals surface area contributed by atoms with Crippen LogP contribution in [0.2, 0.25) is 0 Å². The van der Waals surface area contributed by atoms with Gasteiger partial charge in [-0.2, -0.15) is 0 Å². The van der Waals surface area contributed by atoms with Gasteiger partial charge >= 0.3 is 11.9 Å². The first-order chi connectivity index (χ1) is 14.5. The molecule has 0 saturated heterocycles. The van der Waals surface area contributed by atoms with Gasteiger partial charge in [-0.3, -0.25) is 0 Å². The number of hydrogen-bond acceptors (Lipinski definition) is 7. The Morgan fingerprint density at radius 2 is 1.73 bits per heavy atom. The lowest BCUT2D eigenvalue weighted by molar-refractivity contribution is 0.0441. The van der Waals surface area contributed by atoms with Crippen LogP contribution in [-0.2, 0) is 16.1 Å². The van der Waals surface area contributed by atoms with E-state index in [9.17, 15) is 9.59 Å². The van der Waals surface area contributed by atoms with Gasteiger partial charge in [0.05, 0.1) is 37.6 Å². The molecule has 7 heteroatoms. The van der Waals surface area contributed by atoms with Gasteiger partial charge in [-0.15, -0.1) is 0 Å². The van der Waals surface area contributed by atoms with E-state index in [1.165, 1.54) is 14.2 Å². The average Bonchev–Trinajstić information content (AvgIpc) is 2.77. The second-order valence-corrected chi connectivity index (χ2v) is 6.44. The van der Waals surface area contributed by atoms with E-state index < -0.39 is 11.9 Å². The van der Waals surface area contributed by atoms with E-state index in [1.54, 1.807) is 25.1 Å². The number of fused-ring (bicyclic) bond motifs is 1. The minimum atomic E-state index is -0.600. The van der Waals surface area contributed by atoms with Gasteiger partial charge in [0.2, 0.25) is 0 Å². The van der Waals surface area contributed by atoms with E-state index in [-0.39, 0.29) is 18.8 Å². The maximum atomic E-state index is 12.7. The fourth-order valence-corrected chi connectivity index (χ4v) is 3.20. The first kappa shape index (κ1) is 21.1. The molecule has 0 atom stereocenters. The Balaban J connectivity index is 1.94. The number of aromatic nitrogens is 1. The molecule has 0 unspecified atom stereocenters. The lowest BCUT2D eigenvalue weighted by Gasteiger charge is -2.15. The number of nitrogens with zero attached hydrogens (tertiary/aromatic N) is 1. The van der Waals surface area contributed by atoms with Crippen molar-refractivity contribution in [2.75, 3.05) is 20.8 Å². The van der Waals surface area contributed by atoms with Crippen molar-refractivity contribution >= 4 is 22.8 Å². The largest absolute Gasteiger partial charge is 0.497 e. The predicted octanol–water partition coefficient (Wildman–Crippen LogP) is 4.09. The molecule has 3 aromatic rings. The van der Waals surface area contributed by atoms with Gasteiger partial charge in [0.1, 0.15) is 23.7 Å². The molecule has 0 radical (unpaired) electrons. The van der Waals surface area contributed by atoms with Crippen LogP contribution in [0.15, 0.2) is 42.5 Å². The van der Waals surface area contributed by atoms with Crippen molar-refractivity contribution in [1.82, 2.24) is 4.98 Å². The predicted molar refractivity (Wildman–Crippen MR) is 111 cm³/mol. The van der Waals surface area contributed by atoms with E-state index in [2.05, 4.69) is 4.98 Å². The molecule has 30 heavy (non-hydrogen) atoms. The number of carbonyl (C=O) groups is 2. The van der Waals surface area contributed by atoms with Crippen LogP contribution in [0, 0.1) is 6.92 Å². The SMILES string of the molecule is CCOC(=O)c1c(COC(=O)c2ccc(OC)cc2OC)nc2ccccc2c1C. The number of hydrogen-bond donors (Lipinski definition) is 0. The van der Waals surface area contributed by atoms with Crippen LogP contribution in [0.3, 0.4) is 0 Å². The average molecular weight is 409 g/mol. The number of methoxy groups -OCH3 is 2. The Hall–Kier alpha value is -3.61. The second kappa shape index (κ2) is 9.26. The Bertz CT molecular complexity index is 1090. The first-order valence-electron chi connectivity index (χ1n) is 9.44. The molecule has 0 aliphatic rings. The first-order valence-corrected chi connectivity index (χ1v) is 9.44. The van der Waals surface area contributed by atoms with Gasteiger partial charge in [-0.05, 0) is 37.6 Å². The van der Waals surface area contributed by atoms with Gasteiger partial charge in [0.15, 0.2) is 0 Å². The topological polar surface area (TPSA) is 84.0 Å². The molecule has 1 aromatic heterocycles. The summed E-state index contributed by atoms with van der Waals surface area (Å²) in [7, 11) is 2.98. The van der Waals surface area contributed by atoms with E-state index in [4.69, 9.17) is 18.9 Å². The summed E-state index contributed by atoms with van der Waals surface area (Å²) >= 11 is 0. The van der Waals surface area contributed by atoms with Crippen molar-refractivity contribution < 1.29 is 28.5 Å². The smallest absolute Gasteiger partial charge is 0.342 e. The van der Waals surface area contributed by atoms with Crippen molar-refractivity contribution in [3.63, 3.8) is 0 Å². The molecule has 0 bridgehead atoms. The van der Waals surface area contributed by atoms with Crippen molar-refractivity contribution in [1.29, 1.82) is 0 Å². The fourth-order valence-electron chi connectivity index (χ4n) is 3.20.